The van der Waals surface area contributed by atoms with Gasteiger partial charge < -0.3 is 10.2 Å². The molecule has 0 fully saturated rings. The van der Waals surface area contributed by atoms with Crippen LogP contribution in [0.4, 0.5) is 10.2 Å². The zero-order valence-corrected chi connectivity index (χ0v) is 12.5. The average molecular weight is 267 g/mol. The predicted molar refractivity (Wildman–Crippen MR) is 78.9 cm³/mol. The third kappa shape index (κ3) is 5.55. The second kappa shape index (κ2) is 8.10. The van der Waals surface area contributed by atoms with Crippen LogP contribution in [0.1, 0.15) is 39.2 Å². The van der Waals surface area contributed by atoms with Crippen molar-refractivity contribution in [2.75, 3.05) is 25.0 Å². The quantitative estimate of drug-likeness (QED) is 0.733. The first kappa shape index (κ1) is 15.9. The number of pyridine rings is 1. The lowest BCUT2D eigenvalue weighted by Gasteiger charge is -2.22. The van der Waals surface area contributed by atoms with Crippen LogP contribution in [0.15, 0.2) is 12.3 Å². The number of rotatable bonds is 8. The van der Waals surface area contributed by atoms with Crippen LogP contribution in [0, 0.1) is 11.7 Å². The summed E-state index contributed by atoms with van der Waals surface area (Å²) in [7, 11) is 2.02. The topological polar surface area (TPSA) is 28.2 Å². The van der Waals surface area contributed by atoms with Gasteiger partial charge in [-0.3, -0.25) is 0 Å². The van der Waals surface area contributed by atoms with Crippen LogP contribution in [-0.4, -0.2) is 25.1 Å². The van der Waals surface area contributed by atoms with Crippen LogP contribution in [0.25, 0.3) is 0 Å². The Morgan fingerprint density at radius 3 is 2.79 bits per heavy atom. The highest BCUT2D eigenvalue weighted by molar-refractivity contribution is 5.46. The molecule has 1 aromatic heterocycles. The Morgan fingerprint density at radius 1 is 1.42 bits per heavy atom. The van der Waals surface area contributed by atoms with Gasteiger partial charge >= 0.3 is 0 Å². The number of anilines is 1. The molecule has 4 heteroatoms. The number of nitrogens with zero attached hydrogens (tertiary/aromatic N) is 2. The van der Waals surface area contributed by atoms with Gasteiger partial charge in [0.15, 0.2) is 0 Å². The zero-order chi connectivity index (χ0) is 14.3. The lowest BCUT2D eigenvalue weighted by Crippen LogP contribution is -2.24. The molecule has 0 aliphatic heterocycles. The molecule has 0 amide bonds. The standard InChI is InChI=1S/C15H26FN3/c1-5-7-17-10-13-9-14(16)11-18-15(13)19(4)8-6-12(2)3/h9,11-12,17H,5-8,10H2,1-4H3. The fourth-order valence-corrected chi connectivity index (χ4v) is 1.91. The maximum Gasteiger partial charge on any atom is 0.141 e. The van der Waals surface area contributed by atoms with Crippen LogP contribution >= 0.6 is 0 Å². The summed E-state index contributed by atoms with van der Waals surface area (Å²) < 4.78 is 13.3. The van der Waals surface area contributed by atoms with Crippen molar-refractivity contribution in [3.8, 4) is 0 Å². The molecule has 3 nitrogen and oxygen atoms in total. The Hall–Kier alpha value is -1.16. The Kier molecular flexibility index (Phi) is 6.78. The molecule has 0 unspecified atom stereocenters. The summed E-state index contributed by atoms with van der Waals surface area (Å²) >= 11 is 0. The van der Waals surface area contributed by atoms with E-state index in [2.05, 4.69) is 36.0 Å². The molecule has 0 aliphatic carbocycles. The van der Waals surface area contributed by atoms with E-state index in [0.717, 1.165) is 37.3 Å². The van der Waals surface area contributed by atoms with Gasteiger partial charge in [0.05, 0.1) is 6.20 Å². The molecular weight excluding hydrogens is 241 g/mol. The van der Waals surface area contributed by atoms with Crippen molar-refractivity contribution in [1.82, 2.24) is 10.3 Å². The third-order valence-corrected chi connectivity index (χ3v) is 3.06. The molecule has 1 heterocycles. The third-order valence-electron chi connectivity index (χ3n) is 3.06. The summed E-state index contributed by atoms with van der Waals surface area (Å²) in [6, 6.07) is 1.58. The highest BCUT2D eigenvalue weighted by Crippen LogP contribution is 2.18. The van der Waals surface area contributed by atoms with Crippen molar-refractivity contribution in [2.45, 2.75) is 40.2 Å². The number of nitrogens with one attached hydrogen (secondary N) is 1. The molecule has 0 saturated carbocycles. The SMILES string of the molecule is CCCNCc1cc(F)cnc1N(C)CCC(C)C. The molecule has 0 spiro atoms. The largest absolute Gasteiger partial charge is 0.359 e. The second-order valence-electron chi connectivity index (χ2n) is 5.42. The Morgan fingerprint density at radius 2 is 2.16 bits per heavy atom. The van der Waals surface area contributed by atoms with Crippen molar-refractivity contribution in [3.63, 3.8) is 0 Å². The van der Waals surface area contributed by atoms with E-state index in [1.807, 2.05) is 7.05 Å². The Labute approximate surface area is 116 Å². The predicted octanol–water partition coefficient (Wildman–Crippen LogP) is 3.20. The van der Waals surface area contributed by atoms with Crippen molar-refractivity contribution in [3.05, 3.63) is 23.6 Å². The van der Waals surface area contributed by atoms with E-state index in [1.165, 1.54) is 6.20 Å². The van der Waals surface area contributed by atoms with Crippen LogP contribution in [0.5, 0.6) is 0 Å². The lowest BCUT2D eigenvalue weighted by atomic mass is 10.1. The molecule has 0 aliphatic rings. The lowest BCUT2D eigenvalue weighted by molar-refractivity contribution is 0.578. The molecule has 0 radical (unpaired) electrons. The summed E-state index contributed by atoms with van der Waals surface area (Å²) in [5.41, 5.74) is 0.930. The van der Waals surface area contributed by atoms with Crippen molar-refractivity contribution in [2.24, 2.45) is 5.92 Å². The molecule has 1 N–H and O–H groups in total. The highest BCUT2D eigenvalue weighted by atomic mass is 19.1. The first-order valence-electron chi connectivity index (χ1n) is 7.10. The van der Waals surface area contributed by atoms with Crippen molar-refractivity contribution < 1.29 is 4.39 Å². The van der Waals surface area contributed by atoms with Gasteiger partial charge in [-0.05, 0) is 31.4 Å². The summed E-state index contributed by atoms with van der Waals surface area (Å²) in [6.07, 6.45) is 3.48. The molecule has 1 rings (SSSR count). The molecule has 1 aromatic rings. The van der Waals surface area contributed by atoms with Crippen molar-refractivity contribution >= 4 is 5.82 Å². The smallest absolute Gasteiger partial charge is 0.141 e. The van der Waals surface area contributed by atoms with Gasteiger partial charge in [-0.2, -0.15) is 0 Å². The fraction of sp³-hybridized carbons (Fsp3) is 0.667. The number of halogens is 1. The first-order chi connectivity index (χ1) is 9.04. The minimum absolute atomic E-state index is 0.269. The van der Waals surface area contributed by atoms with Gasteiger partial charge in [0, 0.05) is 25.7 Å². The monoisotopic (exact) mass is 267 g/mol. The molecule has 0 atom stereocenters. The molecule has 0 bridgehead atoms. The van der Waals surface area contributed by atoms with E-state index in [4.69, 9.17) is 0 Å². The van der Waals surface area contributed by atoms with Crippen molar-refractivity contribution in [1.29, 1.82) is 0 Å². The summed E-state index contributed by atoms with van der Waals surface area (Å²) in [5, 5.41) is 3.31. The molecule has 0 aromatic carbocycles. The number of aromatic nitrogens is 1. The van der Waals surface area contributed by atoms with E-state index < -0.39 is 0 Å². The van der Waals surface area contributed by atoms with Crippen LogP contribution in [0.2, 0.25) is 0 Å². The van der Waals surface area contributed by atoms with E-state index in [0.29, 0.717) is 12.5 Å². The van der Waals surface area contributed by atoms with E-state index in [1.54, 1.807) is 6.07 Å². The molecule has 19 heavy (non-hydrogen) atoms. The normalized spacial score (nSPS) is 11.1. The van der Waals surface area contributed by atoms with Crippen LogP contribution in [0.3, 0.4) is 0 Å². The average Bonchev–Trinajstić information content (AvgIpc) is 2.36. The van der Waals surface area contributed by atoms with Gasteiger partial charge in [0.2, 0.25) is 0 Å². The summed E-state index contributed by atoms with van der Waals surface area (Å²) in [4.78, 5) is 6.36. The van der Waals surface area contributed by atoms with Crippen LogP contribution < -0.4 is 10.2 Å². The molecule has 108 valence electrons. The molecule has 0 saturated heterocycles. The van der Waals surface area contributed by atoms with Gasteiger partial charge in [-0.25, -0.2) is 9.37 Å². The number of hydrogen-bond donors (Lipinski definition) is 1. The van der Waals surface area contributed by atoms with Gasteiger partial charge in [-0.15, -0.1) is 0 Å². The Bertz CT molecular complexity index is 380. The molecular formula is C15H26FN3. The summed E-state index contributed by atoms with van der Waals surface area (Å²) in [5.74, 6) is 1.27. The highest BCUT2D eigenvalue weighted by Gasteiger charge is 2.10. The fourth-order valence-electron chi connectivity index (χ4n) is 1.91. The van der Waals surface area contributed by atoms with Gasteiger partial charge in [0.25, 0.3) is 0 Å². The maximum atomic E-state index is 13.3. The minimum Gasteiger partial charge on any atom is -0.359 e. The second-order valence-corrected chi connectivity index (χ2v) is 5.42. The minimum atomic E-state index is -0.269. The first-order valence-corrected chi connectivity index (χ1v) is 7.10. The van der Waals surface area contributed by atoms with Gasteiger partial charge in [0.1, 0.15) is 11.6 Å². The van der Waals surface area contributed by atoms with E-state index in [-0.39, 0.29) is 5.82 Å². The van der Waals surface area contributed by atoms with Crippen LogP contribution in [-0.2, 0) is 6.54 Å². The van der Waals surface area contributed by atoms with E-state index in [9.17, 15) is 4.39 Å². The maximum absolute atomic E-state index is 13.3. The summed E-state index contributed by atoms with van der Waals surface area (Å²) in [6.45, 7) is 9.07. The zero-order valence-electron chi connectivity index (χ0n) is 12.5. The Balaban J connectivity index is 2.74. The number of hydrogen-bond acceptors (Lipinski definition) is 3. The van der Waals surface area contributed by atoms with E-state index >= 15 is 0 Å². The van der Waals surface area contributed by atoms with Gasteiger partial charge in [-0.1, -0.05) is 20.8 Å².